The van der Waals surface area contributed by atoms with E-state index in [1.54, 1.807) is 26.7 Å². The van der Waals surface area contributed by atoms with E-state index in [1.165, 1.54) is 12.1 Å². The second-order valence-corrected chi connectivity index (χ2v) is 20.0. The zero-order valence-electron chi connectivity index (χ0n) is 32.2. The highest BCUT2D eigenvalue weighted by atomic mass is 28.4. The van der Waals surface area contributed by atoms with Crippen LogP contribution in [0.15, 0.2) is 115 Å². The van der Waals surface area contributed by atoms with Crippen LogP contribution in [0.5, 0.6) is 0 Å². The largest absolute Gasteiger partial charge is 0.432 e. The summed E-state index contributed by atoms with van der Waals surface area (Å²) in [5, 5.41) is 32.9. The Morgan fingerprint density at radius 1 is 0.948 bits per heavy atom. The summed E-state index contributed by atoms with van der Waals surface area (Å²) in [6.07, 6.45) is 1.58. The number of fused-ring (bicyclic) bond motifs is 2. The molecule has 0 saturated carbocycles. The maximum atomic E-state index is 15.1. The van der Waals surface area contributed by atoms with Gasteiger partial charge in [0, 0.05) is 53.0 Å². The van der Waals surface area contributed by atoms with E-state index in [9.17, 15) is 24.8 Å². The SMILES string of the molecule is C[C@H]1[C@H]([Si](C)(C)O)[C@@H](CCn2cc(C(CO)c3ccccc3)nn2)O[C@]12C(=O)N(Cc1cccc(N3C(=O)c4cccc5cccc3c45)c1)c1ccc([N+](=O)[O-])cc12. The number of carbonyl (C=O) groups excluding carboxylic acids is 2. The Labute approximate surface area is 335 Å². The highest BCUT2D eigenvalue weighted by Crippen LogP contribution is 2.60. The van der Waals surface area contributed by atoms with Gasteiger partial charge in [-0.15, -0.1) is 5.10 Å². The maximum absolute atomic E-state index is 15.1. The molecule has 2 amide bonds. The molecule has 0 bridgehead atoms. The number of amides is 2. The minimum absolute atomic E-state index is 0.110. The molecule has 1 aromatic heterocycles. The number of nitro benzene ring substituents is 1. The molecule has 1 saturated heterocycles. The molecule has 1 fully saturated rings. The summed E-state index contributed by atoms with van der Waals surface area (Å²) in [6.45, 7) is 5.89. The molecule has 9 rings (SSSR count). The third-order valence-electron chi connectivity index (χ3n) is 12.2. The maximum Gasteiger partial charge on any atom is 0.269 e. The number of aromatic nitrogens is 3. The van der Waals surface area contributed by atoms with Crippen molar-refractivity contribution < 1.29 is 29.2 Å². The Balaban J connectivity index is 1.03. The van der Waals surface area contributed by atoms with Crippen LogP contribution in [0.1, 0.15) is 52.0 Å². The van der Waals surface area contributed by atoms with Gasteiger partial charge in [0.2, 0.25) is 0 Å². The van der Waals surface area contributed by atoms with Crippen molar-refractivity contribution in [2.24, 2.45) is 5.92 Å². The van der Waals surface area contributed by atoms with Crippen LogP contribution in [0.4, 0.5) is 22.7 Å². The molecule has 58 heavy (non-hydrogen) atoms. The number of aliphatic hydroxyl groups excluding tert-OH is 1. The molecule has 13 nitrogen and oxygen atoms in total. The quantitative estimate of drug-likeness (QED) is 0.0785. The van der Waals surface area contributed by atoms with Crippen LogP contribution in [-0.2, 0) is 28.2 Å². The molecule has 0 radical (unpaired) electrons. The fourth-order valence-electron chi connectivity index (χ4n) is 9.65. The van der Waals surface area contributed by atoms with Crippen molar-refractivity contribution in [3.63, 3.8) is 0 Å². The molecule has 3 aliphatic rings. The molecule has 4 heterocycles. The number of aryl methyl sites for hydroxylation is 1. The first-order valence-corrected chi connectivity index (χ1v) is 22.4. The molecule has 3 aliphatic heterocycles. The lowest BCUT2D eigenvalue weighted by Gasteiger charge is -2.32. The zero-order chi connectivity index (χ0) is 40.5. The third-order valence-corrected chi connectivity index (χ3v) is 14.7. The normalized spacial score (nSPS) is 21.7. The predicted molar refractivity (Wildman–Crippen MR) is 220 cm³/mol. The van der Waals surface area contributed by atoms with Gasteiger partial charge in [-0.2, -0.15) is 0 Å². The molecule has 294 valence electrons. The number of benzene rings is 5. The van der Waals surface area contributed by atoms with Crippen LogP contribution >= 0.6 is 0 Å². The fraction of sp³-hybridized carbons (Fsp3) is 0.273. The Hall–Kier alpha value is -6.06. The molecule has 2 N–H and O–H groups in total. The van der Waals surface area contributed by atoms with Gasteiger partial charge in [-0.1, -0.05) is 78.9 Å². The van der Waals surface area contributed by atoms with E-state index < -0.39 is 36.4 Å². The number of rotatable bonds is 11. The number of hydrogen-bond acceptors (Lipinski definition) is 9. The van der Waals surface area contributed by atoms with Crippen LogP contribution in [-0.4, -0.2) is 62.7 Å². The van der Waals surface area contributed by atoms with Gasteiger partial charge in [0.05, 0.1) is 52.7 Å². The molecular formula is C44H42N6O7Si. The van der Waals surface area contributed by atoms with Gasteiger partial charge in [0.1, 0.15) is 0 Å². The van der Waals surface area contributed by atoms with Gasteiger partial charge < -0.3 is 19.5 Å². The van der Waals surface area contributed by atoms with Crippen molar-refractivity contribution in [2.45, 2.75) is 62.7 Å². The van der Waals surface area contributed by atoms with Crippen LogP contribution in [0.3, 0.4) is 0 Å². The second kappa shape index (κ2) is 14.1. The number of carbonyl (C=O) groups is 2. The smallest absolute Gasteiger partial charge is 0.269 e. The molecule has 5 atom stereocenters. The Morgan fingerprint density at radius 2 is 1.71 bits per heavy atom. The van der Waals surface area contributed by atoms with E-state index >= 15 is 4.79 Å². The van der Waals surface area contributed by atoms with Gasteiger partial charge in [-0.3, -0.25) is 29.3 Å². The number of nitrogens with zero attached hydrogens (tertiary/aromatic N) is 6. The summed E-state index contributed by atoms with van der Waals surface area (Å²) in [7, 11) is -3.05. The van der Waals surface area contributed by atoms with Crippen molar-refractivity contribution in [1.82, 2.24) is 15.0 Å². The van der Waals surface area contributed by atoms with Gasteiger partial charge in [-0.25, -0.2) is 0 Å². The minimum atomic E-state index is -3.05. The molecule has 1 spiro atoms. The lowest BCUT2D eigenvalue weighted by molar-refractivity contribution is -0.385. The first-order chi connectivity index (χ1) is 27.9. The number of ether oxygens (including phenoxy) is 1. The topological polar surface area (TPSA) is 164 Å². The summed E-state index contributed by atoms with van der Waals surface area (Å²) in [4.78, 5) is 55.7. The number of non-ortho nitro benzene ring substituents is 1. The summed E-state index contributed by atoms with van der Waals surface area (Å²) >= 11 is 0. The van der Waals surface area contributed by atoms with E-state index in [0.29, 0.717) is 41.2 Å². The van der Waals surface area contributed by atoms with Crippen LogP contribution in [0.25, 0.3) is 10.8 Å². The zero-order valence-corrected chi connectivity index (χ0v) is 33.2. The standard InChI is InChI=1S/C44H42N6O7Si/c1-27-41(58(2,3)56)39(20-21-47-25-36(45-46-47)34(26-51)29-11-5-4-6-12-29)57-44(27)35-23-32(50(54)55)18-19-37(35)48(43(44)53)24-28-10-7-15-31(22-28)49-38-17-9-14-30-13-8-16-33(40(30)38)42(49)52/h4-19,22-23,25,27,34,39,41,51,56H,20-21,24,26H2,1-3H3/t27-,34?,39+,41-,44+/m0/s1. The summed E-state index contributed by atoms with van der Waals surface area (Å²) < 4.78 is 8.65. The molecule has 14 heteroatoms. The van der Waals surface area contributed by atoms with E-state index in [1.807, 2.05) is 111 Å². The highest BCUT2D eigenvalue weighted by molar-refractivity contribution is 6.71. The van der Waals surface area contributed by atoms with Crippen molar-refractivity contribution >= 4 is 53.7 Å². The van der Waals surface area contributed by atoms with Crippen molar-refractivity contribution in [1.29, 1.82) is 0 Å². The van der Waals surface area contributed by atoms with E-state index in [2.05, 4.69) is 10.3 Å². The van der Waals surface area contributed by atoms with Gasteiger partial charge in [0.15, 0.2) is 13.9 Å². The average molecular weight is 795 g/mol. The predicted octanol–water partition coefficient (Wildman–Crippen LogP) is 7.19. The molecule has 5 aromatic carbocycles. The lowest BCUT2D eigenvalue weighted by Crippen LogP contribution is -2.46. The molecular weight excluding hydrogens is 753 g/mol. The molecule has 0 aliphatic carbocycles. The highest BCUT2D eigenvalue weighted by Gasteiger charge is 2.66. The molecule has 1 unspecified atom stereocenters. The van der Waals surface area contributed by atoms with Crippen LogP contribution in [0, 0.1) is 16.0 Å². The first-order valence-electron chi connectivity index (χ1n) is 19.4. The average Bonchev–Trinajstić information content (AvgIpc) is 3.94. The summed E-state index contributed by atoms with van der Waals surface area (Å²) in [5.74, 6) is -1.39. The van der Waals surface area contributed by atoms with E-state index in [-0.39, 0.29) is 36.6 Å². The van der Waals surface area contributed by atoms with Crippen LogP contribution < -0.4 is 9.80 Å². The van der Waals surface area contributed by atoms with Gasteiger partial charge in [-0.05, 0) is 66.4 Å². The fourth-order valence-corrected chi connectivity index (χ4v) is 12.3. The third kappa shape index (κ3) is 5.94. The first kappa shape index (κ1) is 37.5. The summed E-state index contributed by atoms with van der Waals surface area (Å²) in [6, 6.07) is 33.1. The number of anilines is 3. The lowest BCUT2D eigenvalue weighted by atomic mass is 9.82. The monoisotopic (exact) mass is 794 g/mol. The van der Waals surface area contributed by atoms with Gasteiger partial charge >= 0.3 is 0 Å². The number of nitro groups is 1. The van der Waals surface area contributed by atoms with E-state index in [0.717, 1.165) is 27.6 Å². The van der Waals surface area contributed by atoms with E-state index in [4.69, 9.17) is 4.74 Å². The second-order valence-electron chi connectivity index (χ2n) is 16.0. The Bertz CT molecular complexity index is 2610. The van der Waals surface area contributed by atoms with Crippen molar-refractivity contribution in [3.8, 4) is 0 Å². The minimum Gasteiger partial charge on any atom is -0.432 e. The van der Waals surface area contributed by atoms with Crippen molar-refractivity contribution in [2.75, 3.05) is 16.4 Å². The Morgan fingerprint density at radius 3 is 2.45 bits per heavy atom. The number of hydrogen-bond donors (Lipinski definition) is 2. The number of aliphatic hydroxyl groups is 1. The van der Waals surface area contributed by atoms with Crippen molar-refractivity contribution in [3.05, 3.63) is 153 Å². The molecule has 6 aromatic rings. The Kier molecular flexibility index (Phi) is 9.11. The summed E-state index contributed by atoms with van der Waals surface area (Å²) in [5.41, 5.74) is 3.04. The van der Waals surface area contributed by atoms with Gasteiger partial charge in [0.25, 0.3) is 17.5 Å². The van der Waals surface area contributed by atoms with Crippen LogP contribution in [0.2, 0.25) is 18.6 Å².